The van der Waals surface area contributed by atoms with Crippen molar-refractivity contribution in [2.45, 2.75) is 26.7 Å². The number of ether oxygens (including phenoxy) is 1. The zero-order valence-electron chi connectivity index (χ0n) is 14.5. The molecule has 0 amide bonds. The predicted molar refractivity (Wildman–Crippen MR) is 95.6 cm³/mol. The fraction of sp³-hybridized carbons (Fsp3) is 0.421. The summed E-state index contributed by atoms with van der Waals surface area (Å²) >= 11 is 0. The van der Waals surface area contributed by atoms with Gasteiger partial charge in [-0.15, -0.1) is 0 Å². The summed E-state index contributed by atoms with van der Waals surface area (Å²) in [6, 6.07) is 10.3. The highest BCUT2D eigenvalue weighted by Gasteiger charge is 2.18. The van der Waals surface area contributed by atoms with Gasteiger partial charge in [0.05, 0.1) is 6.61 Å². The normalized spacial score (nSPS) is 10.8. The molecule has 1 aromatic heterocycles. The number of benzene rings is 1. The molecule has 0 unspecified atom stereocenters. The number of likely N-dealkylation sites (N-methyl/N-ethyl adjacent to an activating group) is 1. The standard InChI is InChI=1S/C19H26N2O2/c1-5-16-14(2)20-19(22)18(21(3)11-12-23-4)17(16)13-15-9-7-6-8-10-15/h6-10H,5,11-13H2,1-4H3,(H,20,22). The molecule has 0 atom stereocenters. The summed E-state index contributed by atoms with van der Waals surface area (Å²) in [6.45, 7) is 5.39. The molecule has 0 bridgehead atoms. The second-order valence-electron chi connectivity index (χ2n) is 5.82. The maximum absolute atomic E-state index is 12.6. The fourth-order valence-corrected chi connectivity index (χ4v) is 3.02. The molecular weight excluding hydrogens is 288 g/mol. The Labute approximate surface area is 138 Å². The van der Waals surface area contributed by atoms with Crippen molar-refractivity contribution in [1.82, 2.24) is 4.98 Å². The third kappa shape index (κ3) is 4.02. The van der Waals surface area contributed by atoms with E-state index in [-0.39, 0.29) is 5.56 Å². The van der Waals surface area contributed by atoms with Gasteiger partial charge in [-0.05, 0) is 30.0 Å². The molecule has 0 aliphatic heterocycles. The van der Waals surface area contributed by atoms with Gasteiger partial charge in [-0.25, -0.2) is 0 Å². The zero-order chi connectivity index (χ0) is 16.8. The van der Waals surface area contributed by atoms with Crippen LogP contribution in [-0.2, 0) is 17.6 Å². The predicted octanol–water partition coefficient (Wildman–Crippen LogP) is 2.92. The van der Waals surface area contributed by atoms with Gasteiger partial charge in [0.25, 0.3) is 5.56 Å². The van der Waals surface area contributed by atoms with E-state index in [4.69, 9.17) is 4.74 Å². The van der Waals surface area contributed by atoms with E-state index in [1.807, 2.05) is 37.1 Å². The first-order chi connectivity index (χ1) is 11.1. The van der Waals surface area contributed by atoms with Crippen LogP contribution in [0.2, 0.25) is 0 Å². The number of aryl methyl sites for hydroxylation is 1. The summed E-state index contributed by atoms with van der Waals surface area (Å²) < 4.78 is 5.16. The van der Waals surface area contributed by atoms with E-state index >= 15 is 0 Å². The van der Waals surface area contributed by atoms with Gasteiger partial charge in [-0.2, -0.15) is 0 Å². The molecule has 1 N–H and O–H groups in total. The van der Waals surface area contributed by atoms with Crippen molar-refractivity contribution < 1.29 is 4.74 Å². The number of H-pyrrole nitrogens is 1. The van der Waals surface area contributed by atoms with Gasteiger partial charge in [0, 0.05) is 32.8 Å². The Hall–Kier alpha value is -2.07. The summed E-state index contributed by atoms with van der Waals surface area (Å²) in [7, 11) is 3.63. The highest BCUT2D eigenvalue weighted by Crippen LogP contribution is 2.24. The van der Waals surface area contributed by atoms with Crippen LogP contribution in [0, 0.1) is 6.92 Å². The Bertz CT molecular complexity index is 693. The first kappa shape index (κ1) is 17.3. The molecule has 4 nitrogen and oxygen atoms in total. The van der Waals surface area contributed by atoms with E-state index in [1.54, 1.807) is 7.11 Å². The molecule has 4 heteroatoms. The molecule has 2 aromatic rings. The number of nitrogens with zero attached hydrogens (tertiary/aromatic N) is 1. The molecule has 0 saturated carbocycles. The Kier molecular flexibility index (Phi) is 5.99. The van der Waals surface area contributed by atoms with Crippen LogP contribution in [0.1, 0.15) is 29.3 Å². The van der Waals surface area contributed by atoms with Crippen molar-refractivity contribution in [3.8, 4) is 0 Å². The highest BCUT2D eigenvalue weighted by atomic mass is 16.5. The molecule has 2 rings (SSSR count). The van der Waals surface area contributed by atoms with Crippen molar-refractivity contribution in [2.24, 2.45) is 0 Å². The van der Waals surface area contributed by atoms with E-state index in [0.717, 1.165) is 29.8 Å². The van der Waals surface area contributed by atoms with Gasteiger partial charge in [-0.1, -0.05) is 37.3 Å². The summed E-state index contributed by atoms with van der Waals surface area (Å²) in [5.74, 6) is 0. The van der Waals surface area contributed by atoms with E-state index in [1.165, 1.54) is 11.1 Å². The van der Waals surface area contributed by atoms with Gasteiger partial charge in [0.1, 0.15) is 5.69 Å². The molecule has 0 saturated heterocycles. The molecule has 1 heterocycles. The second-order valence-corrected chi connectivity index (χ2v) is 5.82. The van der Waals surface area contributed by atoms with Crippen LogP contribution < -0.4 is 10.5 Å². The Balaban J connectivity index is 2.53. The lowest BCUT2D eigenvalue weighted by Gasteiger charge is -2.24. The maximum Gasteiger partial charge on any atom is 0.271 e. The number of nitrogens with one attached hydrogen (secondary N) is 1. The van der Waals surface area contributed by atoms with Crippen LogP contribution in [0.5, 0.6) is 0 Å². The van der Waals surface area contributed by atoms with Gasteiger partial charge >= 0.3 is 0 Å². The largest absolute Gasteiger partial charge is 0.383 e. The van der Waals surface area contributed by atoms with Crippen molar-refractivity contribution in [2.75, 3.05) is 32.2 Å². The third-order valence-electron chi connectivity index (χ3n) is 4.21. The second kappa shape index (κ2) is 7.97. The van der Waals surface area contributed by atoms with Gasteiger partial charge in [0.15, 0.2) is 0 Å². The van der Waals surface area contributed by atoms with Crippen LogP contribution >= 0.6 is 0 Å². The molecular formula is C19H26N2O2. The minimum Gasteiger partial charge on any atom is -0.383 e. The summed E-state index contributed by atoms with van der Waals surface area (Å²) in [5, 5.41) is 0. The maximum atomic E-state index is 12.6. The molecule has 0 fully saturated rings. The van der Waals surface area contributed by atoms with Crippen molar-refractivity contribution in [1.29, 1.82) is 0 Å². The molecule has 0 aliphatic carbocycles. The highest BCUT2D eigenvalue weighted by molar-refractivity contribution is 5.57. The van der Waals surface area contributed by atoms with Crippen LogP contribution in [-0.4, -0.2) is 32.3 Å². The molecule has 124 valence electrons. The van der Waals surface area contributed by atoms with Gasteiger partial charge in [-0.3, -0.25) is 4.79 Å². The number of methoxy groups -OCH3 is 1. The minimum absolute atomic E-state index is 0.0239. The molecule has 0 aliphatic rings. The fourth-order valence-electron chi connectivity index (χ4n) is 3.02. The number of rotatable bonds is 7. The molecule has 1 aromatic carbocycles. The zero-order valence-corrected chi connectivity index (χ0v) is 14.5. The Morgan fingerprint density at radius 2 is 1.87 bits per heavy atom. The number of hydrogen-bond acceptors (Lipinski definition) is 3. The number of aromatic nitrogens is 1. The van der Waals surface area contributed by atoms with E-state index < -0.39 is 0 Å². The van der Waals surface area contributed by atoms with Crippen molar-refractivity contribution in [3.63, 3.8) is 0 Å². The van der Waals surface area contributed by atoms with Crippen LogP contribution in [0.15, 0.2) is 35.1 Å². The number of aromatic amines is 1. The van der Waals surface area contributed by atoms with Crippen molar-refractivity contribution in [3.05, 3.63) is 63.1 Å². The number of hydrogen-bond donors (Lipinski definition) is 1. The minimum atomic E-state index is -0.0239. The lowest BCUT2D eigenvalue weighted by Crippen LogP contribution is -2.31. The first-order valence-electron chi connectivity index (χ1n) is 8.07. The van der Waals surface area contributed by atoms with Crippen LogP contribution in [0.25, 0.3) is 0 Å². The number of anilines is 1. The SMILES string of the molecule is CCc1c(C)[nH]c(=O)c(N(C)CCOC)c1Cc1ccccc1. The summed E-state index contributed by atoms with van der Waals surface area (Å²) in [6.07, 6.45) is 1.66. The number of pyridine rings is 1. The van der Waals surface area contributed by atoms with E-state index in [0.29, 0.717) is 13.2 Å². The average Bonchev–Trinajstić information content (AvgIpc) is 2.53. The third-order valence-corrected chi connectivity index (χ3v) is 4.21. The van der Waals surface area contributed by atoms with E-state index in [2.05, 4.69) is 24.0 Å². The topological polar surface area (TPSA) is 45.3 Å². The lowest BCUT2D eigenvalue weighted by atomic mass is 9.95. The van der Waals surface area contributed by atoms with Gasteiger partial charge < -0.3 is 14.6 Å². The van der Waals surface area contributed by atoms with Crippen LogP contribution in [0.4, 0.5) is 5.69 Å². The smallest absolute Gasteiger partial charge is 0.271 e. The quantitative estimate of drug-likeness (QED) is 0.854. The monoisotopic (exact) mass is 314 g/mol. The van der Waals surface area contributed by atoms with E-state index in [9.17, 15) is 4.79 Å². The van der Waals surface area contributed by atoms with Gasteiger partial charge in [0.2, 0.25) is 0 Å². The summed E-state index contributed by atoms with van der Waals surface area (Å²) in [5.41, 5.74) is 5.27. The molecule has 0 radical (unpaired) electrons. The van der Waals surface area contributed by atoms with Crippen LogP contribution in [0.3, 0.4) is 0 Å². The average molecular weight is 314 g/mol. The first-order valence-corrected chi connectivity index (χ1v) is 8.07. The molecule has 0 spiro atoms. The summed E-state index contributed by atoms with van der Waals surface area (Å²) in [4.78, 5) is 17.6. The lowest BCUT2D eigenvalue weighted by molar-refractivity contribution is 0.206. The molecule has 23 heavy (non-hydrogen) atoms. The Morgan fingerprint density at radius 1 is 1.17 bits per heavy atom. The van der Waals surface area contributed by atoms with Crippen molar-refractivity contribution >= 4 is 5.69 Å². The Morgan fingerprint density at radius 3 is 2.48 bits per heavy atom.